The summed E-state index contributed by atoms with van der Waals surface area (Å²) in [6, 6.07) is 15.0. The molecule has 0 radical (unpaired) electrons. The van der Waals surface area contributed by atoms with Gasteiger partial charge >= 0.3 is 11.6 Å². The smallest absolute Gasteiger partial charge is 0.343 e. The summed E-state index contributed by atoms with van der Waals surface area (Å²) >= 11 is 0. The Bertz CT molecular complexity index is 1480. The topological polar surface area (TPSA) is 75.0 Å². The first-order chi connectivity index (χ1) is 16.4. The maximum atomic E-state index is 14.0. The molecule has 0 aliphatic carbocycles. The Hall–Kier alpha value is -4.20. The van der Waals surface area contributed by atoms with E-state index < -0.39 is 29.1 Å². The van der Waals surface area contributed by atoms with Crippen molar-refractivity contribution in [1.29, 1.82) is 0 Å². The number of carbonyl (C=O) groups is 1. The van der Waals surface area contributed by atoms with Crippen molar-refractivity contribution < 1.29 is 32.2 Å². The van der Waals surface area contributed by atoms with Crippen LogP contribution in [0.15, 0.2) is 69.9 Å². The van der Waals surface area contributed by atoms with Crippen molar-refractivity contribution in [3.05, 3.63) is 99.4 Å². The van der Waals surface area contributed by atoms with Crippen LogP contribution in [0, 0.1) is 11.6 Å². The van der Waals surface area contributed by atoms with Gasteiger partial charge in [0.15, 0.2) is 17.3 Å². The molecule has 1 aliphatic rings. The van der Waals surface area contributed by atoms with Crippen LogP contribution in [0.5, 0.6) is 17.2 Å². The lowest BCUT2D eigenvalue weighted by Crippen LogP contribution is -2.26. The molecule has 0 unspecified atom stereocenters. The fourth-order valence-corrected chi connectivity index (χ4v) is 4.13. The van der Waals surface area contributed by atoms with Crippen LogP contribution in [-0.2, 0) is 11.4 Å². The Morgan fingerprint density at radius 1 is 1.00 bits per heavy atom. The van der Waals surface area contributed by atoms with Gasteiger partial charge in [0.1, 0.15) is 23.8 Å². The first-order valence-electron chi connectivity index (χ1n) is 10.5. The SMILES string of the molecule is COc1ccc([C@H]2CC(=O)Oc3c2c(=O)oc2ccccc32)cc1COc1ccc(F)cc1F. The van der Waals surface area contributed by atoms with Crippen molar-refractivity contribution in [2.75, 3.05) is 7.11 Å². The Kier molecular flexibility index (Phi) is 5.49. The predicted molar refractivity (Wildman–Crippen MR) is 118 cm³/mol. The summed E-state index contributed by atoms with van der Waals surface area (Å²) in [4.78, 5) is 25.3. The second-order valence-electron chi connectivity index (χ2n) is 7.79. The highest BCUT2D eigenvalue weighted by atomic mass is 19.1. The zero-order valence-corrected chi connectivity index (χ0v) is 18.0. The molecule has 6 nitrogen and oxygen atoms in total. The van der Waals surface area contributed by atoms with E-state index in [2.05, 4.69) is 0 Å². The van der Waals surface area contributed by atoms with E-state index in [0.717, 1.165) is 12.1 Å². The minimum Gasteiger partial charge on any atom is -0.496 e. The van der Waals surface area contributed by atoms with Gasteiger partial charge in [-0.1, -0.05) is 18.2 Å². The van der Waals surface area contributed by atoms with Crippen molar-refractivity contribution in [3.63, 3.8) is 0 Å². The van der Waals surface area contributed by atoms with E-state index >= 15 is 0 Å². The third kappa shape index (κ3) is 3.87. The molecule has 0 saturated heterocycles. The fourth-order valence-electron chi connectivity index (χ4n) is 4.13. The molecule has 1 atom stereocenters. The summed E-state index contributed by atoms with van der Waals surface area (Å²) < 4.78 is 49.1. The molecular weight excluding hydrogens is 446 g/mol. The highest BCUT2D eigenvalue weighted by Crippen LogP contribution is 2.41. The van der Waals surface area contributed by atoms with Gasteiger partial charge in [0.2, 0.25) is 0 Å². The monoisotopic (exact) mass is 464 g/mol. The van der Waals surface area contributed by atoms with E-state index in [4.69, 9.17) is 18.6 Å². The number of esters is 1. The Morgan fingerprint density at radius 3 is 2.59 bits per heavy atom. The number of methoxy groups -OCH3 is 1. The average Bonchev–Trinajstić information content (AvgIpc) is 2.83. The van der Waals surface area contributed by atoms with Gasteiger partial charge in [-0.3, -0.25) is 4.79 Å². The van der Waals surface area contributed by atoms with Gasteiger partial charge in [-0.15, -0.1) is 0 Å². The molecule has 0 N–H and O–H groups in total. The normalized spacial score (nSPS) is 15.0. The molecule has 0 amide bonds. The lowest BCUT2D eigenvalue weighted by molar-refractivity contribution is -0.135. The molecule has 0 fully saturated rings. The average molecular weight is 464 g/mol. The van der Waals surface area contributed by atoms with Gasteiger partial charge in [0.25, 0.3) is 0 Å². The molecule has 34 heavy (non-hydrogen) atoms. The van der Waals surface area contributed by atoms with Gasteiger partial charge in [0, 0.05) is 17.5 Å². The van der Waals surface area contributed by atoms with E-state index in [9.17, 15) is 18.4 Å². The van der Waals surface area contributed by atoms with E-state index in [1.165, 1.54) is 13.2 Å². The van der Waals surface area contributed by atoms with Crippen LogP contribution < -0.4 is 19.8 Å². The van der Waals surface area contributed by atoms with Gasteiger partial charge < -0.3 is 18.6 Å². The molecule has 1 aromatic heterocycles. The fraction of sp³-hybridized carbons (Fsp3) is 0.154. The van der Waals surface area contributed by atoms with Crippen molar-refractivity contribution in [1.82, 2.24) is 0 Å². The van der Waals surface area contributed by atoms with Gasteiger partial charge in [-0.05, 0) is 42.0 Å². The highest BCUT2D eigenvalue weighted by molar-refractivity contribution is 5.90. The van der Waals surface area contributed by atoms with Crippen LogP contribution in [0.4, 0.5) is 8.78 Å². The molecule has 4 aromatic rings. The third-order valence-electron chi connectivity index (χ3n) is 5.72. The number of para-hydroxylation sites is 1. The molecule has 3 aromatic carbocycles. The van der Waals surface area contributed by atoms with E-state index in [1.807, 2.05) is 0 Å². The Balaban J connectivity index is 1.55. The molecule has 0 saturated carbocycles. The highest BCUT2D eigenvalue weighted by Gasteiger charge is 2.34. The van der Waals surface area contributed by atoms with Crippen LogP contribution in [0.1, 0.15) is 29.0 Å². The van der Waals surface area contributed by atoms with Crippen molar-refractivity contribution in [3.8, 4) is 17.2 Å². The number of fused-ring (bicyclic) bond motifs is 3. The molecular formula is C26H18F2O6. The maximum Gasteiger partial charge on any atom is 0.343 e. The summed E-state index contributed by atoms with van der Waals surface area (Å²) in [6.45, 7) is -0.0874. The van der Waals surface area contributed by atoms with Crippen LogP contribution in [0.3, 0.4) is 0 Å². The number of carbonyl (C=O) groups excluding carboxylic acids is 1. The van der Waals surface area contributed by atoms with Gasteiger partial charge in [-0.2, -0.15) is 0 Å². The van der Waals surface area contributed by atoms with Crippen molar-refractivity contribution in [2.45, 2.75) is 18.9 Å². The quantitative estimate of drug-likeness (QED) is 0.302. The third-order valence-corrected chi connectivity index (χ3v) is 5.72. The lowest BCUT2D eigenvalue weighted by Gasteiger charge is -2.25. The van der Waals surface area contributed by atoms with Crippen molar-refractivity contribution in [2.24, 2.45) is 0 Å². The van der Waals surface area contributed by atoms with Gasteiger partial charge in [0.05, 0.1) is 24.5 Å². The van der Waals surface area contributed by atoms with E-state index in [-0.39, 0.29) is 30.1 Å². The lowest BCUT2D eigenvalue weighted by atomic mass is 9.86. The second-order valence-corrected chi connectivity index (χ2v) is 7.79. The van der Waals surface area contributed by atoms with E-state index in [0.29, 0.717) is 27.8 Å². The molecule has 1 aliphatic heterocycles. The maximum absolute atomic E-state index is 14.0. The van der Waals surface area contributed by atoms with Crippen LogP contribution >= 0.6 is 0 Å². The summed E-state index contributed by atoms with van der Waals surface area (Å²) in [6.07, 6.45) is -0.0602. The molecule has 0 spiro atoms. The van der Waals surface area contributed by atoms with Crippen LogP contribution in [0.25, 0.3) is 11.0 Å². The number of benzene rings is 3. The summed E-state index contributed by atoms with van der Waals surface area (Å²) in [7, 11) is 1.48. The van der Waals surface area contributed by atoms with Crippen molar-refractivity contribution >= 4 is 16.9 Å². The van der Waals surface area contributed by atoms with Gasteiger partial charge in [-0.25, -0.2) is 13.6 Å². The first-order valence-corrected chi connectivity index (χ1v) is 10.5. The second kappa shape index (κ2) is 8.62. The minimum atomic E-state index is -0.830. The first kappa shape index (κ1) is 21.6. The number of hydrogen-bond acceptors (Lipinski definition) is 6. The number of hydrogen-bond donors (Lipinski definition) is 0. The summed E-state index contributed by atoms with van der Waals surface area (Å²) in [5, 5.41) is 0.527. The zero-order chi connectivity index (χ0) is 23.8. The predicted octanol–water partition coefficient (Wildman–Crippen LogP) is 5.10. The standard InChI is InChI=1S/C26H18F2O6/c1-31-20-8-6-14(10-15(20)13-32-22-9-7-16(27)11-19(22)28)18-12-23(29)34-25-17-4-2-3-5-21(17)33-26(30)24(18)25/h2-11,18H,12-13H2,1H3/t18-/m1/s1. The van der Waals surface area contributed by atoms with E-state index in [1.54, 1.807) is 42.5 Å². The largest absolute Gasteiger partial charge is 0.496 e. The molecule has 172 valence electrons. The number of halogens is 2. The van der Waals surface area contributed by atoms with Crippen LogP contribution in [0.2, 0.25) is 0 Å². The Labute approximate surface area is 192 Å². The summed E-state index contributed by atoms with van der Waals surface area (Å²) in [5.74, 6) is -2.10. The Morgan fingerprint density at radius 2 is 1.79 bits per heavy atom. The molecule has 5 rings (SSSR count). The molecule has 0 bridgehead atoms. The zero-order valence-electron chi connectivity index (χ0n) is 18.0. The summed E-state index contributed by atoms with van der Waals surface area (Å²) in [5.41, 5.74) is 1.17. The molecule has 8 heteroatoms. The minimum absolute atomic E-state index is 0.0602. The number of rotatable bonds is 5. The number of ether oxygens (including phenoxy) is 3. The van der Waals surface area contributed by atoms with Crippen LogP contribution in [-0.4, -0.2) is 13.1 Å². The molecule has 2 heterocycles.